The van der Waals surface area contributed by atoms with Crippen LogP contribution in [0.3, 0.4) is 0 Å². The lowest BCUT2D eigenvalue weighted by Gasteiger charge is -2.17. The van der Waals surface area contributed by atoms with Gasteiger partial charge in [0.1, 0.15) is 5.76 Å². The Balaban J connectivity index is 2.09. The van der Waals surface area contributed by atoms with Gasteiger partial charge in [-0.2, -0.15) is 0 Å². The molecule has 0 aliphatic heterocycles. The third kappa shape index (κ3) is 2.16. The fraction of sp³-hybridized carbons (Fsp3) is 0.267. The molecule has 1 atom stereocenters. The Morgan fingerprint density at radius 3 is 2.90 bits per heavy atom. The number of H-pyrrole nitrogens is 1. The molecule has 20 heavy (non-hydrogen) atoms. The number of aromatic amines is 1. The topological polar surface area (TPSA) is 71.2 Å². The number of nitrogens with one attached hydrogen (secondary N) is 2. The van der Waals surface area contributed by atoms with Crippen molar-refractivity contribution >= 4 is 11.1 Å². The quantitative estimate of drug-likeness (QED) is 0.766. The molecule has 2 N–H and O–H groups in total. The summed E-state index contributed by atoms with van der Waals surface area (Å²) in [7, 11) is 0. The molecule has 0 radical (unpaired) electrons. The van der Waals surface area contributed by atoms with Crippen molar-refractivity contribution in [1.29, 1.82) is 0 Å². The van der Waals surface area contributed by atoms with Crippen LogP contribution in [0.5, 0.6) is 0 Å². The van der Waals surface area contributed by atoms with Gasteiger partial charge in [0.15, 0.2) is 5.58 Å². The highest BCUT2D eigenvalue weighted by Gasteiger charge is 2.18. The van der Waals surface area contributed by atoms with Crippen LogP contribution in [0.4, 0.5) is 0 Å². The van der Waals surface area contributed by atoms with Crippen molar-refractivity contribution < 1.29 is 8.83 Å². The van der Waals surface area contributed by atoms with Crippen molar-refractivity contribution in [2.75, 3.05) is 6.54 Å². The summed E-state index contributed by atoms with van der Waals surface area (Å²) in [5.74, 6) is 0.447. The van der Waals surface area contributed by atoms with Crippen LogP contribution in [0.2, 0.25) is 0 Å². The van der Waals surface area contributed by atoms with Gasteiger partial charge in [0.25, 0.3) is 0 Å². The van der Waals surface area contributed by atoms with E-state index in [4.69, 9.17) is 8.83 Å². The Kier molecular flexibility index (Phi) is 3.20. The van der Waals surface area contributed by atoms with E-state index in [9.17, 15) is 4.79 Å². The fourth-order valence-corrected chi connectivity index (χ4v) is 2.45. The van der Waals surface area contributed by atoms with Crippen molar-refractivity contribution in [1.82, 2.24) is 10.3 Å². The summed E-state index contributed by atoms with van der Waals surface area (Å²) in [5.41, 5.74) is 3.39. The van der Waals surface area contributed by atoms with Gasteiger partial charge in [-0.15, -0.1) is 0 Å². The van der Waals surface area contributed by atoms with Crippen LogP contribution in [-0.4, -0.2) is 11.5 Å². The zero-order valence-electron chi connectivity index (χ0n) is 11.4. The first kappa shape index (κ1) is 12.7. The van der Waals surface area contributed by atoms with Crippen LogP contribution in [0.15, 0.2) is 44.2 Å². The van der Waals surface area contributed by atoms with E-state index in [0.717, 1.165) is 23.4 Å². The van der Waals surface area contributed by atoms with Gasteiger partial charge in [-0.25, -0.2) is 4.79 Å². The van der Waals surface area contributed by atoms with E-state index in [1.807, 2.05) is 31.2 Å². The zero-order chi connectivity index (χ0) is 14.1. The second kappa shape index (κ2) is 5.02. The largest absolute Gasteiger partial charge is 0.469 e. The number of fused-ring (bicyclic) bond motifs is 1. The van der Waals surface area contributed by atoms with E-state index >= 15 is 0 Å². The summed E-state index contributed by atoms with van der Waals surface area (Å²) < 4.78 is 10.5. The highest BCUT2D eigenvalue weighted by atomic mass is 16.4. The normalized spacial score (nSPS) is 12.9. The molecule has 1 aromatic carbocycles. The second-order valence-electron chi connectivity index (χ2n) is 4.69. The maximum absolute atomic E-state index is 11.2. The number of benzene rings is 1. The van der Waals surface area contributed by atoms with Gasteiger partial charge < -0.3 is 14.2 Å². The molecule has 0 amide bonds. The van der Waals surface area contributed by atoms with Crippen LogP contribution < -0.4 is 11.1 Å². The lowest BCUT2D eigenvalue weighted by molar-refractivity contribution is 0.519. The summed E-state index contributed by atoms with van der Waals surface area (Å²) in [6.45, 7) is 4.82. The minimum Gasteiger partial charge on any atom is -0.469 e. The van der Waals surface area contributed by atoms with E-state index in [-0.39, 0.29) is 6.04 Å². The molecule has 0 saturated heterocycles. The molecule has 2 heterocycles. The molecule has 5 heteroatoms. The molecule has 0 saturated carbocycles. The average molecular weight is 272 g/mol. The van der Waals surface area contributed by atoms with Crippen molar-refractivity contribution in [2.45, 2.75) is 19.9 Å². The SMILES string of the molecule is CCNC(c1ccc2[nH]c(=O)oc2c1)c1ccoc1C. The predicted octanol–water partition coefficient (Wildman–Crippen LogP) is 2.72. The minimum absolute atomic E-state index is 0.0170. The van der Waals surface area contributed by atoms with Crippen LogP contribution in [0.1, 0.15) is 29.9 Å². The first-order chi connectivity index (χ1) is 9.69. The minimum atomic E-state index is -0.434. The van der Waals surface area contributed by atoms with Crippen molar-refractivity contribution in [3.05, 3.63) is 58.0 Å². The fourth-order valence-electron chi connectivity index (χ4n) is 2.45. The number of hydrogen-bond acceptors (Lipinski definition) is 4. The molecule has 0 spiro atoms. The van der Waals surface area contributed by atoms with Crippen molar-refractivity contribution in [3.8, 4) is 0 Å². The third-order valence-corrected chi connectivity index (χ3v) is 3.40. The maximum atomic E-state index is 11.2. The monoisotopic (exact) mass is 272 g/mol. The molecule has 3 rings (SSSR count). The number of hydrogen-bond donors (Lipinski definition) is 2. The molecule has 104 valence electrons. The van der Waals surface area contributed by atoms with Gasteiger partial charge in [-0.1, -0.05) is 13.0 Å². The first-order valence-corrected chi connectivity index (χ1v) is 6.59. The van der Waals surface area contributed by atoms with Gasteiger partial charge in [-0.3, -0.25) is 4.98 Å². The zero-order valence-corrected chi connectivity index (χ0v) is 11.4. The number of furan rings is 1. The van der Waals surface area contributed by atoms with Gasteiger partial charge in [-0.05, 0) is 37.2 Å². The van der Waals surface area contributed by atoms with Gasteiger partial charge in [0.05, 0.1) is 17.8 Å². The molecule has 0 aliphatic carbocycles. The number of oxazole rings is 1. The Morgan fingerprint density at radius 2 is 2.20 bits per heavy atom. The molecule has 2 aromatic heterocycles. The molecule has 0 fully saturated rings. The highest BCUT2D eigenvalue weighted by Crippen LogP contribution is 2.27. The van der Waals surface area contributed by atoms with Gasteiger partial charge >= 0.3 is 5.76 Å². The summed E-state index contributed by atoms with van der Waals surface area (Å²) in [4.78, 5) is 13.9. The summed E-state index contributed by atoms with van der Waals surface area (Å²) >= 11 is 0. The first-order valence-electron chi connectivity index (χ1n) is 6.59. The molecule has 0 bridgehead atoms. The van der Waals surface area contributed by atoms with Crippen LogP contribution in [-0.2, 0) is 0 Å². The summed E-state index contributed by atoms with van der Waals surface area (Å²) in [5, 5.41) is 3.42. The maximum Gasteiger partial charge on any atom is 0.417 e. The standard InChI is InChI=1S/C15H16N2O3/c1-3-16-14(11-6-7-19-9(11)2)10-4-5-12-13(8-10)20-15(18)17-12/h4-8,14,16H,3H2,1-2H3,(H,17,18). The lowest BCUT2D eigenvalue weighted by atomic mass is 9.99. The predicted molar refractivity (Wildman–Crippen MR) is 75.8 cm³/mol. The van der Waals surface area contributed by atoms with E-state index in [2.05, 4.69) is 17.2 Å². The van der Waals surface area contributed by atoms with Crippen molar-refractivity contribution in [3.63, 3.8) is 0 Å². The molecule has 0 aliphatic rings. The van der Waals surface area contributed by atoms with Gasteiger partial charge in [0, 0.05) is 5.56 Å². The van der Waals surface area contributed by atoms with Crippen LogP contribution >= 0.6 is 0 Å². The van der Waals surface area contributed by atoms with Crippen LogP contribution in [0.25, 0.3) is 11.1 Å². The summed E-state index contributed by atoms with van der Waals surface area (Å²) in [6, 6.07) is 7.69. The lowest BCUT2D eigenvalue weighted by Crippen LogP contribution is -2.22. The Labute approximate surface area is 115 Å². The van der Waals surface area contributed by atoms with E-state index in [1.54, 1.807) is 6.26 Å². The number of rotatable bonds is 4. The Bertz CT molecular complexity index is 782. The number of aromatic nitrogens is 1. The Morgan fingerprint density at radius 1 is 1.35 bits per heavy atom. The van der Waals surface area contributed by atoms with Crippen molar-refractivity contribution in [2.24, 2.45) is 0 Å². The van der Waals surface area contributed by atoms with Gasteiger partial charge in [0.2, 0.25) is 0 Å². The third-order valence-electron chi connectivity index (χ3n) is 3.40. The Hall–Kier alpha value is -2.27. The van der Waals surface area contributed by atoms with E-state index < -0.39 is 5.76 Å². The second-order valence-corrected chi connectivity index (χ2v) is 4.69. The molecular formula is C15H16N2O3. The summed E-state index contributed by atoms with van der Waals surface area (Å²) in [6.07, 6.45) is 1.68. The smallest absolute Gasteiger partial charge is 0.417 e. The van der Waals surface area contributed by atoms with Crippen LogP contribution in [0, 0.1) is 6.92 Å². The van der Waals surface area contributed by atoms with E-state index in [1.165, 1.54) is 0 Å². The molecule has 5 nitrogen and oxygen atoms in total. The molecule has 1 unspecified atom stereocenters. The average Bonchev–Trinajstić information content (AvgIpc) is 3.00. The van der Waals surface area contributed by atoms with E-state index in [0.29, 0.717) is 11.1 Å². The molecule has 3 aromatic rings. The number of aryl methyl sites for hydroxylation is 1. The highest BCUT2D eigenvalue weighted by molar-refractivity contribution is 5.73. The molecular weight excluding hydrogens is 256 g/mol.